The fraction of sp³-hybridized carbons (Fsp3) is 0.500. The molecule has 0 bridgehead atoms. The zero-order chi connectivity index (χ0) is 13.7. The highest BCUT2D eigenvalue weighted by molar-refractivity contribution is 9.10. The van der Waals surface area contributed by atoms with Gasteiger partial charge < -0.3 is 9.84 Å². The molecule has 1 N–H and O–H groups in total. The van der Waals surface area contributed by atoms with Crippen LogP contribution in [-0.4, -0.2) is 18.3 Å². The molecule has 1 aromatic rings. The fourth-order valence-corrected chi connectivity index (χ4v) is 2.96. The van der Waals surface area contributed by atoms with Crippen molar-refractivity contribution in [2.75, 3.05) is 7.11 Å². The van der Waals surface area contributed by atoms with Crippen LogP contribution in [0.15, 0.2) is 34.3 Å². The molecule has 0 aliphatic heterocycles. The Balaban J connectivity index is 1.97. The number of ether oxygens (including phenoxy) is 1. The van der Waals surface area contributed by atoms with E-state index in [2.05, 4.69) is 22.0 Å². The minimum absolute atomic E-state index is 0.312. The van der Waals surface area contributed by atoms with Gasteiger partial charge in [-0.25, -0.2) is 0 Å². The van der Waals surface area contributed by atoms with Crippen LogP contribution in [0.3, 0.4) is 0 Å². The molecule has 0 heterocycles. The molecule has 3 heteroatoms. The molecule has 0 aromatic heterocycles. The molecule has 104 valence electrons. The fourth-order valence-electron chi connectivity index (χ4n) is 2.55. The van der Waals surface area contributed by atoms with Crippen LogP contribution in [0.5, 0.6) is 5.75 Å². The van der Waals surface area contributed by atoms with Gasteiger partial charge in [-0.15, -0.1) is 0 Å². The Morgan fingerprint density at radius 3 is 2.84 bits per heavy atom. The van der Waals surface area contributed by atoms with Gasteiger partial charge in [-0.2, -0.15) is 0 Å². The van der Waals surface area contributed by atoms with Gasteiger partial charge in [-0.1, -0.05) is 27.6 Å². The van der Waals surface area contributed by atoms with Gasteiger partial charge in [0.05, 0.1) is 13.2 Å². The van der Waals surface area contributed by atoms with Gasteiger partial charge >= 0.3 is 0 Å². The third-order valence-corrected chi connectivity index (χ3v) is 4.36. The molecule has 1 unspecified atom stereocenters. The zero-order valence-corrected chi connectivity index (χ0v) is 12.9. The predicted molar refractivity (Wildman–Crippen MR) is 81.6 cm³/mol. The molecule has 0 spiro atoms. The highest BCUT2D eigenvalue weighted by Gasteiger charge is 2.13. The van der Waals surface area contributed by atoms with E-state index >= 15 is 0 Å². The third kappa shape index (κ3) is 4.36. The molecule has 2 rings (SSSR count). The van der Waals surface area contributed by atoms with Gasteiger partial charge in [-0.3, -0.25) is 0 Å². The summed E-state index contributed by atoms with van der Waals surface area (Å²) in [4.78, 5) is 0. The minimum atomic E-state index is -0.312. The normalized spacial score (nSPS) is 16.9. The van der Waals surface area contributed by atoms with Crippen molar-refractivity contribution in [2.45, 2.75) is 44.6 Å². The number of hydrogen-bond acceptors (Lipinski definition) is 2. The van der Waals surface area contributed by atoms with Crippen LogP contribution < -0.4 is 4.74 Å². The Morgan fingerprint density at radius 1 is 1.32 bits per heavy atom. The van der Waals surface area contributed by atoms with E-state index in [1.807, 2.05) is 18.2 Å². The second-order valence-corrected chi connectivity index (χ2v) is 5.98. The molecular weight excluding hydrogens is 304 g/mol. The number of benzene rings is 1. The van der Waals surface area contributed by atoms with Crippen molar-refractivity contribution in [3.63, 3.8) is 0 Å². The van der Waals surface area contributed by atoms with E-state index < -0.39 is 0 Å². The van der Waals surface area contributed by atoms with Crippen molar-refractivity contribution in [3.8, 4) is 5.75 Å². The van der Waals surface area contributed by atoms with Gasteiger partial charge in [0.25, 0.3) is 0 Å². The lowest BCUT2D eigenvalue weighted by Crippen LogP contribution is -2.13. The highest BCUT2D eigenvalue weighted by atomic mass is 79.9. The first-order valence-corrected chi connectivity index (χ1v) is 7.66. The summed E-state index contributed by atoms with van der Waals surface area (Å²) in [5.41, 5.74) is 2.51. The maximum absolute atomic E-state index is 10.2. The van der Waals surface area contributed by atoms with Gasteiger partial charge in [0.2, 0.25) is 0 Å². The molecule has 19 heavy (non-hydrogen) atoms. The largest absolute Gasteiger partial charge is 0.497 e. The molecule has 1 aliphatic rings. The summed E-state index contributed by atoms with van der Waals surface area (Å²) in [6.07, 6.45) is 8.32. The number of allylic oxidation sites excluding steroid dienone is 1. The van der Waals surface area contributed by atoms with Crippen molar-refractivity contribution in [2.24, 2.45) is 0 Å². The highest BCUT2D eigenvalue weighted by Crippen LogP contribution is 2.26. The molecule has 1 aromatic carbocycles. The maximum atomic E-state index is 10.2. The SMILES string of the molecule is COc1ccc(Br)c(CC(O)CC2=CCCCC2)c1. The van der Waals surface area contributed by atoms with Crippen LogP contribution in [0.25, 0.3) is 0 Å². The standard InChI is InChI=1S/C16H21BrO2/c1-19-15-7-8-16(17)13(11-15)10-14(18)9-12-5-3-2-4-6-12/h5,7-8,11,14,18H,2-4,6,9-10H2,1H3. The molecular formula is C16H21BrO2. The van der Waals surface area contributed by atoms with Crippen LogP contribution in [0.4, 0.5) is 0 Å². The second kappa shape index (κ2) is 7.11. The quantitative estimate of drug-likeness (QED) is 0.820. The first-order chi connectivity index (χ1) is 9.19. The molecule has 0 radical (unpaired) electrons. The Bertz CT molecular complexity index is 454. The van der Waals surface area contributed by atoms with Crippen molar-refractivity contribution in [3.05, 3.63) is 39.9 Å². The monoisotopic (exact) mass is 324 g/mol. The number of hydrogen-bond donors (Lipinski definition) is 1. The van der Waals surface area contributed by atoms with E-state index in [0.717, 1.165) is 28.6 Å². The predicted octanol–water partition coefficient (Wildman–Crippen LogP) is 4.25. The summed E-state index contributed by atoms with van der Waals surface area (Å²) in [5.74, 6) is 0.835. The summed E-state index contributed by atoms with van der Waals surface area (Å²) in [6.45, 7) is 0. The number of aliphatic hydroxyl groups is 1. The van der Waals surface area contributed by atoms with E-state index in [4.69, 9.17) is 4.74 Å². The van der Waals surface area contributed by atoms with Crippen molar-refractivity contribution >= 4 is 15.9 Å². The summed E-state index contributed by atoms with van der Waals surface area (Å²) in [6, 6.07) is 5.88. The number of halogens is 1. The molecule has 0 fully saturated rings. The molecule has 0 saturated heterocycles. The molecule has 2 nitrogen and oxygen atoms in total. The van der Waals surface area contributed by atoms with Crippen molar-refractivity contribution in [1.82, 2.24) is 0 Å². The van der Waals surface area contributed by atoms with Crippen LogP contribution in [0.2, 0.25) is 0 Å². The van der Waals surface area contributed by atoms with E-state index in [9.17, 15) is 5.11 Å². The zero-order valence-electron chi connectivity index (χ0n) is 11.4. The van der Waals surface area contributed by atoms with Crippen molar-refractivity contribution < 1.29 is 9.84 Å². The van der Waals surface area contributed by atoms with Crippen LogP contribution in [0.1, 0.15) is 37.7 Å². The van der Waals surface area contributed by atoms with Gasteiger partial charge in [0.15, 0.2) is 0 Å². The molecule has 1 atom stereocenters. The lowest BCUT2D eigenvalue weighted by Gasteiger charge is -2.17. The van der Waals surface area contributed by atoms with Crippen LogP contribution in [0, 0.1) is 0 Å². The average Bonchev–Trinajstić information content (AvgIpc) is 2.42. The molecule has 1 aliphatic carbocycles. The maximum Gasteiger partial charge on any atom is 0.119 e. The van der Waals surface area contributed by atoms with Gasteiger partial charge in [0.1, 0.15) is 5.75 Å². The first-order valence-electron chi connectivity index (χ1n) is 6.87. The number of aliphatic hydroxyl groups excluding tert-OH is 1. The average molecular weight is 325 g/mol. The Morgan fingerprint density at radius 2 is 2.16 bits per heavy atom. The lowest BCUT2D eigenvalue weighted by atomic mass is 9.93. The summed E-state index contributed by atoms with van der Waals surface area (Å²) in [7, 11) is 1.66. The van der Waals surface area contributed by atoms with E-state index in [1.54, 1.807) is 7.11 Å². The first kappa shape index (κ1) is 14.6. The Labute approximate surface area is 123 Å². The van der Waals surface area contributed by atoms with E-state index in [0.29, 0.717) is 6.42 Å². The lowest BCUT2D eigenvalue weighted by molar-refractivity contribution is 0.173. The Kier molecular flexibility index (Phi) is 5.46. The van der Waals surface area contributed by atoms with Gasteiger partial charge in [0, 0.05) is 4.47 Å². The summed E-state index contributed by atoms with van der Waals surface area (Å²) < 4.78 is 6.26. The second-order valence-electron chi connectivity index (χ2n) is 5.13. The minimum Gasteiger partial charge on any atom is -0.497 e. The van der Waals surface area contributed by atoms with E-state index in [1.165, 1.54) is 24.8 Å². The number of rotatable bonds is 5. The van der Waals surface area contributed by atoms with Crippen LogP contribution >= 0.6 is 15.9 Å². The number of methoxy groups -OCH3 is 1. The summed E-state index contributed by atoms with van der Waals surface area (Å²) >= 11 is 3.53. The van der Waals surface area contributed by atoms with E-state index in [-0.39, 0.29) is 6.10 Å². The van der Waals surface area contributed by atoms with Crippen LogP contribution in [-0.2, 0) is 6.42 Å². The van der Waals surface area contributed by atoms with Gasteiger partial charge in [-0.05, 0) is 62.3 Å². The smallest absolute Gasteiger partial charge is 0.119 e. The third-order valence-electron chi connectivity index (χ3n) is 3.59. The molecule has 0 amide bonds. The Hall–Kier alpha value is -0.800. The topological polar surface area (TPSA) is 29.5 Å². The molecule has 0 saturated carbocycles. The summed E-state index contributed by atoms with van der Waals surface area (Å²) in [5, 5.41) is 10.2. The van der Waals surface area contributed by atoms with Crippen molar-refractivity contribution in [1.29, 1.82) is 0 Å².